The van der Waals surface area contributed by atoms with Gasteiger partial charge in [0, 0.05) is 15.7 Å². The molecule has 0 aliphatic carbocycles. The number of hydrogen-bond acceptors (Lipinski definition) is 2. The first-order chi connectivity index (χ1) is 8.79. The van der Waals surface area contributed by atoms with Crippen LogP contribution in [0.1, 0.15) is 11.1 Å². The van der Waals surface area contributed by atoms with Crippen molar-refractivity contribution in [3.05, 3.63) is 64.7 Å². The van der Waals surface area contributed by atoms with E-state index in [9.17, 15) is 0 Å². The average Bonchev–Trinajstić information content (AvgIpc) is 2.40. The zero-order chi connectivity index (χ0) is 12.8. The van der Waals surface area contributed by atoms with Gasteiger partial charge in [0.1, 0.15) is 0 Å². The highest BCUT2D eigenvalue weighted by molar-refractivity contribution is 7.98. The van der Waals surface area contributed by atoms with E-state index in [0.29, 0.717) is 6.54 Å². The summed E-state index contributed by atoms with van der Waals surface area (Å²) < 4.78 is 0. The van der Waals surface area contributed by atoms with Crippen LogP contribution in [0, 0.1) is 0 Å². The van der Waals surface area contributed by atoms with Gasteiger partial charge in [-0.15, -0.1) is 11.8 Å². The first-order valence-corrected chi connectivity index (χ1v) is 7.31. The molecule has 0 radical (unpaired) electrons. The van der Waals surface area contributed by atoms with Crippen molar-refractivity contribution in [2.24, 2.45) is 5.73 Å². The third-order valence-corrected chi connectivity index (χ3v) is 4.13. The third kappa shape index (κ3) is 3.77. The zero-order valence-corrected chi connectivity index (χ0v) is 11.7. The number of hydrogen-bond donors (Lipinski definition) is 1. The lowest BCUT2D eigenvalue weighted by Gasteiger charge is -2.08. The standard InChI is InChI=1S/C15H16ClNS/c16-14-7-5-12(6-8-14)11-18-15-4-2-1-3-13(15)9-10-17/h1-8H,9-11,17H2. The summed E-state index contributed by atoms with van der Waals surface area (Å²) in [4.78, 5) is 1.32. The molecule has 0 heterocycles. The minimum atomic E-state index is 0.693. The molecule has 94 valence electrons. The largest absolute Gasteiger partial charge is 0.330 e. The molecule has 0 aromatic heterocycles. The Labute approximate surface area is 117 Å². The van der Waals surface area contributed by atoms with E-state index < -0.39 is 0 Å². The van der Waals surface area contributed by atoms with E-state index in [2.05, 4.69) is 36.4 Å². The summed E-state index contributed by atoms with van der Waals surface area (Å²) in [6.45, 7) is 0.693. The first kappa shape index (κ1) is 13.5. The van der Waals surface area contributed by atoms with Crippen molar-refractivity contribution >= 4 is 23.4 Å². The number of benzene rings is 2. The van der Waals surface area contributed by atoms with E-state index in [-0.39, 0.29) is 0 Å². The van der Waals surface area contributed by atoms with Gasteiger partial charge in [-0.2, -0.15) is 0 Å². The summed E-state index contributed by atoms with van der Waals surface area (Å²) in [5.41, 5.74) is 8.25. The lowest BCUT2D eigenvalue weighted by atomic mass is 10.1. The predicted molar refractivity (Wildman–Crippen MR) is 80.2 cm³/mol. The van der Waals surface area contributed by atoms with Crippen molar-refractivity contribution in [3.8, 4) is 0 Å². The summed E-state index contributed by atoms with van der Waals surface area (Å²) in [7, 11) is 0. The van der Waals surface area contributed by atoms with Gasteiger partial charge in [-0.25, -0.2) is 0 Å². The second kappa shape index (κ2) is 6.83. The molecule has 0 aliphatic heterocycles. The Balaban J connectivity index is 2.03. The van der Waals surface area contributed by atoms with E-state index in [1.54, 1.807) is 0 Å². The quantitative estimate of drug-likeness (QED) is 0.832. The maximum Gasteiger partial charge on any atom is 0.0406 e. The lowest BCUT2D eigenvalue weighted by Crippen LogP contribution is -2.03. The minimum Gasteiger partial charge on any atom is -0.330 e. The van der Waals surface area contributed by atoms with Crippen LogP contribution in [0.15, 0.2) is 53.4 Å². The topological polar surface area (TPSA) is 26.0 Å². The van der Waals surface area contributed by atoms with E-state index in [0.717, 1.165) is 17.2 Å². The van der Waals surface area contributed by atoms with Gasteiger partial charge in [-0.1, -0.05) is 41.9 Å². The van der Waals surface area contributed by atoms with Gasteiger partial charge in [0.25, 0.3) is 0 Å². The Morgan fingerprint density at radius 2 is 1.72 bits per heavy atom. The molecule has 0 fully saturated rings. The normalized spacial score (nSPS) is 10.6. The molecule has 1 nitrogen and oxygen atoms in total. The highest BCUT2D eigenvalue weighted by Crippen LogP contribution is 2.26. The number of thioether (sulfide) groups is 1. The van der Waals surface area contributed by atoms with Gasteiger partial charge in [-0.3, -0.25) is 0 Å². The summed E-state index contributed by atoms with van der Waals surface area (Å²) in [5.74, 6) is 0.957. The van der Waals surface area contributed by atoms with Crippen LogP contribution in [0.4, 0.5) is 0 Å². The van der Waals surface area contributed by atoms with Crippen LogP contribution in [0.25, 0.3) is 0 Å². The number of nitrogens with two attached hydrogens (primary N) is 1. The van der Waals surface area contributed by atoms with Crippen LogP contribution in [0.2, 0.25) is 5.02 Å². The van der Waals surface area contributed by atoms with Crippen molar-refractivity contribution in [1.29, 1.82) is 0 Å². The predicted octanol–water partition coefficient (Wildman–Crippen LogP) is 4.13. The highest BCUT2D eigenvalue weighted by Gasteiger charge is 2.02. The van der Waals surface area contributed by atoms with Crippen LogP contribution < -0.4 is 5.73 Å². The van der Waals surface area contributed by atoms with Crippen LogP contribution in [-0.4, -0.2) is 6.54 Å². The molecule has 0 amide bonds. The average molecular weight is 278 g/mol. The summed E-state index contributed by atoms with van der Waals surface area (Å²) in [6.07, 6.45) is 0.934. The van der Waals surface area contributed by atoms with E-state index in [4.69, 9.17) is 17.3 Å². The fourth-order valence-corrected chi connectivity index (χ4v) is 2.92. The summed E-state index contributed by atoms with van der Waals surface area (Å²) in [6, 6.07) is 16.5. The van der Waals surface area contributed by atoms with Crippen molar-refractivity contribution in [2.45, 2.75) is 17.1 Å². The maximum absolute atomic E-state index is 5.87. The fourth-order valence-electron chi connectivity index (χ4n) is 1.75. The SMILES string of the molecule is NCCc1ccccc1SCc1ccc(Cl)cc1. The van der Waals surface area contributed by atoms with Crippen molar-refractivity contribution < 1.29 is 0 Å². The lowest BCUT2D eigenvalue weighted by molar-refractivity contribution is 0.944. The summed E-state index contributed by atoms with van der Waals surface area (Å²) >= 11 is 7.72. The molecule has 2 N–H and O–H groups in total. The molecule has 0 bridgehead atoms. The minimum absolute atomic E-state index is 0.693. The highest BCUT2D eigenvalue weighted by atomic mass is 35.5. The second-order valence-corrected chi connectivity index (χ2v) is 5.52. The maximum atomic E-state index is 5.87. The van der Waals surface area contributed by atoms with E-state index >= 15 is 0 Å². The molecule has 0 aliphatic rings. The second-order valence-electron chi connectivity index (χ2n) is 4.06. The van der Waals surface area contributed by atoms with E-state index in [1.807, 2.05) is 23.9 Å². The van der Waals surface area contributed by atoms with Crippen LogP contribution in [0.5, 0.6) is 0 Å². The van der Waals surface area contributed by atoms with Gasteiger partial charge in [0.05, 0.1) is 0 Å². The number of halogens is 1. The molecular formula is C15H16ClNS. The van der Waals surface area contributed by atoms with Gasteiger partial charge in [0.15, 0.2) is 0 Å². The Hall–Kier alpha value is -0.960. The van der Waals surface area contributed by atoms with Crippen molar-refractivity contribution in [3.63, 3.8) is 0 Å². The van der Waals surface area contributed by atoms with Crippen molar-refractivity contribution in [2.75, 3.05) is 6.54 Å². The molecule has 2 aromatic rings. The molecule has 0 saturated carbocycles. The molecular weight excluding hydrogens is 262 g/mol. The molecule has 18 heavy (non-hydrogen) atoms. The molecule has 0 spiro atoms. The first-order valence-electron chi connectivity index (χ1n) is 5.95. The molecule has 0 saturated heterocycles. The zero-order valence-electron chi connectivity index (χ0n) is 10.1. The van der Waals surface area contributed by atoms with Crippen LogP contribution in [-0.2, 0) is 12.2 Å². The van der Waals surface area contributed by atoms with E-state index in [1.165, 1.54) is 16.0 Å². The third-order valence-electron chi connectivity index (χ3n) is 2.69. The fraction of sp³-hybridized carbons (Fsp3) is 0.200. The molecule has 2 rings (SSSR count). The Kier molecular flexibility index (Phi) is 5.12. The Morgan fingerprint density at radius 1 is 1.00 bits per heavy atom. The van der Waals surface area contributed by atoms with Gasteiger partial charge in [0.2, 0.25) is 0 Å². The summed E-state index contributed by atoms with van der Waals surface area (Å²) in [5, 5.41) is 0.785. The molecule has 0 atom stereocenters. The Bertz CT molecular complexity index is 496. The van der Waals surface area contributed by atoms with Gasteiger partial charge in [-0.05, 0) is 42.3 Å². The molecule has 2 aromatic carbocycles. The van der Waals surface area contributed by atoms with Gasteiger partial charge >= 0.3 is 0 Å². The smallest absolute Gasteiger partial charge is 0.0406 e. The number of rotatable bonds is 5. The molecule has 3 heteroatoms. The van der Waals surface area contributed by atoms with Gasteiger partial charge < -0.3 is 5.73 Å². The van der Waals surface area contributed by atoms with Crippen LogP contribution in [0.3, 0.4) is 0 Å². The molecule has 0 unspecified atom stereocenters. The Morgan fingerprint density at radius 3 is 2.44 bits per heavy atom. The van der Waals surface area contributed by atoms with Crippen LogP contribution >= 0.6 is 23.4 Å². The monoisotopic (exact) mass is 277 g/mol. The van der Waals surface area contributed by atoms with Crippen molar-refractivity contribution in [1.82, 2.24) is 0 Å².